The Kier molecular flexibility index (Phi) is 7.74. The van der Waals surface area contributed by atoms with Gasteiger partial charge in [-0.15, -0.1) is 0 Å². The number of carbonyl (C=O) groups is 2. The van der Waals surface area contributed by atoms with Gasteiger partial charge in [0.25, 0.3) is 15.9 Å². The van der Waals surface area contributed by atoms with Crippen molar-refractivity contribution < 1.29 is 18.0 Å². The second-order valence-corrected chi connectivity index (χ2v) is 10.8. The van der Waals surface area contributed by atoms with Gasteiger partial charge in [-0.05, 0) is 68.1 Å². The molecule has 0 saturated carbocycles. The summed E-state index contributed by atoms with van der Waals surface area (Å²) in [5.74, 6) is -0.672. The van der Waals surface area contributed by atoms with E-state index in [4.69, 9.17) is 0 Å². The van der Waals surface area contributed by atoms with Crippen molar-refractivity contribution in [3.8, 4) is 0 Å². The van der Waals surface area contributed by atoms with Crippen LogP contribution in [-0.2, 0) is 21.2 Å². The highest BCUT2D eigenvalue weighted by Gasteiger charge is 2.28. The molecule has 7 nitrogen and oxygen atoms in total. The van der Waals surface area contributed by atoms with Gasteiger partial charge in [-0.25, -0.2) is 8.42 Å². The molecular formula is C28H31N3O4S. The van der Waals surface area contributed by atoms with Gasteiger partial charge in [-0.3, -0.25) is 13.9 Å². The molecule has 4 rings (SSSR count). The molecule has 1 aliphatic rings. The lowest BCUT2D eigenvalue weighted by molar-refractivity contribution is -0.114. The Labute approximate surface area is 212 Å². The van der Waals surface area contributed by atoms with Crippen LogP contribution in [0.1, 0.15) is 41.3 Å². The number of benzene rings is 3. The van der Waals surface area contributed by atoms with Crippen LogP contribution in [0, 0.1) is 6.92 Å². The van der Waals surface area contributed by atoms with Gasteiger partial charge in [-0.1, -0.05) is 48.9 Å². The zero-order chi connectivity index (χ0) is 25.7. The van der Waals surface area contributed by atoms with E-state index in [0.717, 1.165) is 34.7 Å². The molecule has 1 fully saturated rings. The largest absolute Gasteiger partial charge is 0.339 e. The number of sulfonamides is 1. The van der Waals surface area contributed by atoms with Gasteiger partial charge in [0.05, 0.1) is 21.8 Å². The van der Waals surface area contributed by atoms with E-state index in [9.17, 15) is 18.0 Å². The molecule has 0 aliphatic carbocycles. The van der Waals surface area contributed by atoms with E-state index in [1.54, 1.807) is 65.6 Å². The summed E-state index contributed by atoms with van der Waals surface area (Å²) in [6.45, 7) is 4.85. The summed E-state index contributed by atoms with van der Waals surface area (Å²) < 4.78 is 28.4. The molecule has 188 valence electrons. The number of hydrogen-bond donors (Lipinski definition) is 1. The fourth-order valence-corrected chi connectivity index (χ4v) is 5.66. The molecule has 2 amide bonds. The summed E-state index contributed by atoms with van der Waals surface area (Å²) in [6, 6.07) is 20.5. The summed E-state index contributed by atoms with van der Waals surface area (Å²) in [4.78, 5) is 28.1. The van der Waals surface area contributed by atoms with E-state index in [-0.39, 0.29) is 10.8 Å². The first kappa shape index (κ1) is 25.4. The highest BCUT2D eigenvalue weighted by Crippen LogP contribution is 2.26. The van der Waals surface area contributed by atoms with Crippen LogP contribution in [0.25, 0.3) is 0 Å². The van der Waals surface area contributed by atoms with Crippen LogP contribution in [0.5, 0.6) is 0 Å². The summed E-state index contributed by atoms with van der Waals surface area (Å²) in [5, 5.41) is 2.78. The topological polar surface area (TPSA) is 86.8 Å². The molecule has 1 saturated heterocycles. The van der Waals surface area contributed by atoms with Crippen LogP contribution in [0.4, 0.5) is 11.4 Å². The maximum absolute atomic E-state index is 13.6. The maximum atomic E-state index is 13.6. The van der Waals surface area contributed by atoms with Gasteiger partial charge in [0.2, 0.25) is 5.91 Å². The predicted molar refractivity (Wildman–Crippen MR) is 142 cm³/mol. The van der Waals surface area contributed by atoms with E-state index < -0.39 is 22.5 Å². The van der Waals surface area contributed by atoms with Crippen molar-refractivity contribution in [3.63, 3.8) is 0 Å². The summed E-state index contributed by atoms with van der Waals surface area (Å²) >= 11 is 0. The van der Waals surface area contributed by atoms with Crippen molar-refractivity contribution >= 4 is 33.2 Å². The minimum atomic E-state index is -4.02. The van der Waals surface area contributed by atoms with Crippen LogP contribution in [0.2, 0.25) is 0 Å². The van der Waals surface area contributed by atoms with E-state index in [2.05, 4.69) is 5.32 Å². The number of anilines is 2. The van der Waals surface area contributed by atoms with Crippen molar-refractivity contribution in [2.75, 3.05) is 29.3 Å². The van der Waals surface area contributed by atoms with Gasteiger partial charge < -0.3 is 10.2 Å². The lowest BCUT2D eigenvalue weighted by atomic mass is 10.1. The number of hydrogen-bond acceptors (Lipinski definition) is 4. The molecular weight excluding hydrogens is 474 g/mol. The Morgan fingerprint density at radius 3 is 2.19 bits per heavy atom. The number of para-hydroxylation sites is 1. The van der Waals surface area contributed by atoms with Crippen molar-refractivity contribution in [2.45, 2.75) is 38.0 Å². The number of rotatable bonds is 8. The molecule has 0 radical (unpaired) electrons. The van der Waals surface area contributed by atoms with Crippen molar-refractivity contribution in [3.05, 3.63) is 89.5 Å². The highest BCUT2D eigenvalue weighted by molar-refractivity contribution is 7.92. The van der Waals surface area contributed by atoms with E-state index in [1.165, 1.54) is 0 Å². The SMILES string of the molecule is CCc1ccc(N(CC(=O)Nc2ccccc2C(=O)N2CCCC2)S(=O)(=O)c2ccc(C)cc2)cc1. The molecule has 1 N–H and O–H groups in total. The second-order valence-electron chi connectivity index (χ2n) is 8.94. The van der Waals surface area contributed by atoms with Crippen LogP contribution in [-0.4, -0.2) is 44.8 Å². The standard InChI is InChI=1S/C28H31N3O4S/c1-3-22-12-14-23(15-13-22)31(36(34,35)24-16-10-21(2)11-17-24)20-27(32)29-26-9-5-4-8-25(26)28(33)30-18-6-7-19-30/h4-5,8-17H,3,6-7,18-20H2,1-2H3,(H,29,32). The van der Waals surface area contributed by atoms with Crippen LogP contribution < -0.4 is 9.62 Å². The van der Waals surface area contributed by atoms with Crippen molar-refractivity contribution in [1.82, 2.24) is 4.90 Å². The van der Waals surface area contributed by atoms with Crippen LogP contribution >= 0.6 is 0 Å². The molecule has 36 heavy (non-hydrogen) atoms. The molecule has 8 heteroatoms. The monoisotopic (exact) mass is 505 g/mol. The van der Waals surface area contributed by atoms with E-state index >= 15 is 0 Å². The molecule has 0 bridgehead atoms. The fourth-order valence-electron chi connectivity index (χ4n) is 4.24. The Hall–Kier alpha value is -3.65. The van der Waals surface area contributed by atoms with Gasteiger partial charge in [-0.2, -0.15) is 0 Å². The average Bonchev–Trinajstić information content (AvgIpc) is 3.43. The normalized spacial score (nSPS) is 13.4. The first-order valence-corrected chi connectivity index (χ1v) is 13.6. The third-order valence-corrected chi connectivity index (χ3v) is 8.14. The molecule has 1 heterocycles. The number of aryl methyl sites for hydroxylation is 2. The third kappa shape index (κ3) is 5.60. The summed E-state index contributed by atoms with van der Waals surface area (Å²) in [5.41, 5.74) is 3.15. The zero-order valence-corrected chi connectivity index (χ0v) is 21.4. The molecule has 1 aliphatic heterocycles. The predicted octanol–water partition coefficient (Wildman–Crippen LogP) is 4.63. The molecule has 0 atom stereocenters. The average molecular weight is 506 g/mol. The minimum Gasteiger partial charge on any atom is -0.339 e. The van der Waals surface area contributed by atoms with E-state index in [1.807, 2.05) is 26.0 Å². The molecule has 0 spiro atoms. The number of nitrogens with zero attached hydrogens (tertiary/aromatic N) is 2. The van der Waals surface area contributed by atoms with Gasteiger partial charge in [0, 0.05) is 13.1 Å². The first-order valence-electron chi connectivity index (χ1n) is 12.2. The number of nitrogens with one attached hydrogen (secondary N) is 1. The first-order chi connectivity index (χ1) is 17.3. The van der Waals surface area contributed by atoms with Crippen LogP contribution in [0.15, 0.2) is 77.7 Å². The molecule has 0 aromatic heterocycles. The van der Waals surface area contributed by atoms with Crippen molar-refractivity contribution in [2.24, 2.45) is 0 Å². The summed E-state index contributed by atoms with van der Waals surface area (Å²) in [7, 11) is -4.02. The zero-order valence-electron chi connectivity index (χ0n) is 20.6. The maximum Gasteiger partial charge on any atom is 0.264 e. The van der Waals surface area contributed by atoms with Gasteiger partial charge in [0.1, 0.15) is 6.54 Å². The summed E-state index contributed by atoms with van der Waals surface area (Å²) in [6.07, 6.45) is 2.74. The third-order valence-electron chi connectivity index (χ3n) is 6.35. The second kappa shape index (κ2) is 11.0. The minimum absolute atomic E-state index is 0.102. The number of likely N-dealkylation sites (tertiary alicyclic amines) is 1. The highest BCUT2D eigenvalue weighted by atomic mass is 32.2. The molecule has 3 aromatic carbocycles. The Morgan fingerprint density at radius 2 is 1.56 bits per heavy atom. The lowest BCUT2D eigenvalue weighted by Crippen LogP contribution is -2.38. The van der Waals surface area contributed by atoms with E-state index in [0.29, 0.717) is 30.0 Å². The van der Waals surface area contributed by atoms with Crippen molar-refractivity contribution in [1.29, 1.82) is 0 Å². The molecule has 0 unspecified atom stereocenters. The van der Waals surface area contributed by atoms with Gasteiger partial charge in [0.15, 0.2) is 0 Å². The molecule has 3 aromatic rings. The Bertz CT molecular complexity index is 1330. The van der Waals surface area contributed by atoms with Crippen LogP contribution in [0.3, 0.4) is 0 Å². The number of carbonyl (C=O) groups excluding carboxylic acids is 2. The number of amides is 2. The fraction of sp³-hybridized carbons (Fsp3) is 0.286. The smallest absolute Gasteiger partial charge is 0.264 e. The Morgan fingerprint density at radius 1 is 0.917 bits per heavy atom. The van der Waals surface area contributed by atoms with Gasteiger partial charge >= 0.3 is 0 Å². The Balaban J connectivity index is 1.62. The quantitative estimate of drug-likeness (QED) is 0.484. The lowest BCUT2D eigenvalue weighted by Gasteiger charge is -2.25.